The minimum atomic E-state index is -0.248. The van der Waals surface area contributed by atoms with Gasteiger partial charge in [-0.15, -0.1) is 0 Å². The Morgan fingerprint density at radius 1 is 1.19 bits per heavy atom. The average molecular weight is 278 g/mol. The summed E-state index contributed by atoms with van der Waals surface area (Å²) in [6, 6.07) is 12.7. The van der Waals surface area contributed by atoms with Crippen molar-refractivity contribution in [2.24, 2.45) is 0 Å². The van der Waals surface area contributed by atoms with Crippen LogP contribution in [-0.2, 0) is 0 Å². The molecule has 0 aliphatic carbocycles. The second-order valence-electron chi connectivity index (χ2n) is 4.73. The molecule has 2 aromatic heterocycles. The van der Waals surface area contributed by atoms with Gasteiger partial charge < -0.3 is 11.1 Å². The summed E-state index contributed by atoms with van der Waals surface area (Å²) in [5, 5.41) is 3.57. The molecule has 3 N–H and O–H groups in total. The van der Waals surface area contributed by atoms with Gasteiger partial charge in [0.1, 0.15) is 11.6 Å². The number of nitrogens with one attached hydrogen (secondary N) is 1. The number of carbonyl (C=O) groups is 1. The molecule has 0 saturated carbocycles. The monoisotopic (exact) mass is 278 g/mol. The van der Waals surface area contributed by atoms with Crippen LogP contribution in [-0.4, -0.2) is 15.9 Å². The van der Waals surface area contributed by atoms with Crippen molar-refractivity contribution in [1.29, 1.82) is 0 Å². The topological polar surface area (TPSA) is 80.9 Å². The fourth-order valence-corrected chi connectivity index (χ4v) is 2.18. The van der Waals surface area contributed by atoms with Gasteiger partial charge in [-0.1, -0.05) is 24.3 Å². The number of amides is 1. The summed E-state index contributed by atoms with van der Waals surface area (Å²) in [4.78, 5) is 20.9. The van der Waals surface area contributed by atoms with Gasteiger partial charge >= 0.3 is 0 Å². The van der Waals surface area contributed by atoms with Crippen LogP contribution in [0.25, 0.3) is 10.9 Å². The van der Waals surface area contributed by atoms with Gasteiger partial charge in [-0.25, -0.2) is 9.97 Å². The molecule has 0 atom stereocenters. The SMILES string of the molecule is Cc1cccnc1NC(=O)c1cc(N)nc2ccccc12. The maximum atomic E-state index is 12.5. The van der Waals surface area contributed by atoms with Gasteiger partial charge in [0.2, 0.25) is 0 Å². The van der Waals surface area contributed by atoms with E-state index in [0.29, 0.717) is 22.7 Å². The molecule has 104 valence electrons. The summed E-state index contributed by atoms with van der Waals surface area (Å²) in [5.74, 6) is 0.612. The van der Waals surface area contributed by atoms with Crippen LogP contribution in [0.3, 0.4) is 0 Å². The zero-order valence-corrected chi connectivity index (χ0v) is 11.5. The van der Waals surface area contributed by atoms with Crippen molar-refractivity contribution in [3.63, 3.8) is 0 Å². The van der Waals surface area contributed by atoms with Gasteiger partial charge in [0.25, 0.3) is 5.91 Å². The molecule has 5 nitrogen and oxygen atoms in total. The third-order valence-electron chi connectivity index (χ3n) is 3.22. The number of benzene rings is 1. The Kier molecular flexibility index (Phi) is 3.23. The van der Waals surface area contributed by atoms with Crippen molar-refractivity contribution < 1.29 is 4.79 Å². The van der Waals surface area contributed by atoms with Gasteiger partial charge in [0, 0.05) is 11.6 Å². The zero-order chi connectivity index (χ0) is 14.8. The van der Waals surface area contributed by atoms with Crippen molar-refractivity contribution in [2.45, 2.75) is 6.92 Å². The van der Waals surface area contributed by atoms with Gasteiger partial charge in [-0.3, -0.25) is 4.79 Å². The molecule has 5 heteroatoms. The van der Waals surface area contributed by atoms with E-state index >= 15 is 0 Å². The number of nitrogen functional groups attached to an aromatic ring is 1. The Bertz CT molecular complexity index is 829. The predicted octanol–water partition coefficient (Wildman–Crippen LogP) is 2.77. The highest BCUT2D eigenvalue weighted by Gasteiger charge is 2.13. The third-order valence-corrected chi connectivity index (χ3v) is 3.22. The Balaban J connectivity index is 2.04. The summed E-state index contributed by atoms with van der Waals surface area (Å²) in [6.07, 6.45) is 1.64. The van der Waals surface area contributed by atoms with Gasteiger partial charge in [-0.05, 0) is 30.7 Å². The van der Waals surface area contributed by atoms with Crippen LogP contribution < -0.4 is 11.1 Å². The number of pyridine rings is 2. The molecule has 0 fully saturated rings. The number of aromatic nitrogens is 2. The molecule has 3 rings (SSSR count). The molecule has 0 bridgehead atoms. The molecule has 0 saturated heterocycles. The quantitative estimate of drug-likeness (QED) is 0.755. The molecule has 0 aliphatic heterocycles. The van der Waals surface area contributed by atoms with E-state index < -0.39 is 0 Å². The predicted molar refractivity (Wildman–Crippen MR) is 83.1 cm³/mol. The van der Waals surface area contributed by atoms with Crippen molar-refractivity contribution in [2.75, 3.05) is 11.1 Å². The lowest BCUT2D eigenvalue weighted by atomic mass is 10.1. The van der Waals surface area contributed by atoms with Crippen molar-refractivity contribution in [3.05, 3.63) is 59.8 Å². The number of rotatable bonds is 2. The van der Waals surface area contributed by atoms with E-state index in [1.165, 1.54) is 0 Å². The highest BCUT2D eigenvalue weighted by molar-refractivity contribution is 6.12. The number of hydrogen-bond donors (Lipinski definition) is 2. The first-order chi connectivity index (χ1) is 10.1. The fraction of sp³-hybridized carbons (Fsp3) is 0.0625. The maximum absolute atomic E-state index is 12.5. The number of aryl methyl sites for hydroxylation is 1. The lowest BCUT2D eigenvalue weighted by Gasteiger charge is -2.09. The molecule has 0 spiro atoms. The van der Waals surface area contributed by atoms with Crippen LogP contribution in [0.2, 0.25) is 0 Å². The minimum Gasteiger partial charge on any atom is -0.384 e. The highest BCUT2D eigenvalue weighted by Crippen LogP contribution is 2.21. The van der Waals surface area contributed by atoms with Crippen molar-refractivity contribution in [1.82, 2.24) is 9.97 Å². The van der Waals surface area contributed by atoms with Crippen molar-refractivity contribution in [3.8, 4) is 0 Å². The molecule has 1 aromatic carbocycles. The molecule has 0 unspecified atom stereocenters. The van der Waals surface area contributed by atoms with E-state index in [2.05, 4.69) is 15.3 Å². The largest absolute Gasteiger partial charge is 0.384 e. The molecule has 0 radical (unpaired) electrons. The molecule has 1 amide bonds. The lowest BCUT2D eigenvalue weighted by Crippen LogP contribution is -2.15. The third kappa shape index (κ3) is 2.53. The van der Waals surface area contributed by atoms with Crippen LogP contribution in [0, 0.1) is 6.92 Å². The van der Waals surface area contributed by atoms with E-state index in [0.717, 1.165) is 10.9 Å². The van der Waals surface area contributed by atoms with Crippen LogP contribution in [0.15, 0.2) is 48.7 Å². The normalized spacial score (nSPS) is 10.5. The van der Waals surface area contributed by atoms with E-state index in [9.17, 15) is 4.79 Å². The number of carbonyl (C=O) groups excluding carboxylic acids is 1. The Hall–Kier alpha value is -2.95. The Morgan fingerprint density at radius 2 is 2.00 bits per heavy atom. The smallest absolute Gasteiger partial charge is 0.257 e. The minimum absolute atomic E-state index is 0.248. The first-order valence-corrected chi connectivity index (χ1v) is 6.53. The average Bonchev–Trinajstić information content (AvgIpc) is 2.48. The van der Waals surface area contributed by atoms with E-state index in [1.807, 2.05) is 43.3 Å². The first kappa shape index (κ1) is 13.1. The standard InChI is InChI=1S/C16H14N4O/c1-10-5-4-8-18-15(10)20-16(21)12-9-14(17)19-13-7-3-2-6-11(12)13/h2-9H,1H3,(H2,17,19)(H,18,20,21). The van der Waals surface area contributed by atoms with Crippen molar-refractivity contribution >= 4 is 28.4 Å². The molecular formula is C16H14N4O. The number of anilines is 2. The van der Waals surface area contributed by atoms with Gasteiger partial charge in [0.15, 0.2) is 0 Å². The highest BCUT2D eigenvalue weighted by atomic mass is 16.1. The fourth-order valence-electron chi connectivity index (χ4n) is 2.18. The van der Waals surface area contributed by atoms with E-state index in [-0.39, 0.29) is 5.91 Å². The summed E-state index contributed by atoms with van der Waals surface area (Å²) >= 11 is 0. The summed E-state index contributed by atoms with van der Waals surface area (Å²) in [5.41, 5.74) is 7.86. The Labute approximate surface area is 121 Å². The van der Waals surface area contributed by atoms with Crippen LogP contribution in [0.5, 0.6) is 0 Å². The summed E-state index contributed by atoms with van der Waals surface area (Å²) in [7, 11) is 0. The number of nitrogens with two attached hydrogens (primary N) is 1. The number of fused-ring (bicyclic) bond motifs is 1. The summed E-state index contributed by atoms with van der Waals surface area (Å²) < 4.78 is 0. The maximum Gasteiger partial charge on any atom is 0.257 e. The molecule has 0 aliphatic rings. The lowest BCUT2D eigenvalue weighted by molar-refractivity contribution is 0.102. The number of hydrogen-bond acceptors (Lipinski definition) is 4. The van der Waals surface area contributed by atoms with Crippen LogP contribution in [0.4, 0.5) is 11.6 Å². The first-order valence-electron chi connectivity index (χ1n) is 6.53. The second kappa shape index (κ2) is 5.20. The van der Waals surface area contributed by atoms with Crippen LogP contribution in [0.1, 0.15) is 15.9 Å². The van der Waals surface area contributed by atoms with Gasteiger partial charge in [-0.2, -0.15) is 0 Å². The number of para-hydroxylation sites is 1. The van der Waals surface area contributed by atoms with Crippen LogP contribution >= 0.6 is 0 Å². The Morgan fingerprint density at radius 3 is 2.81 bits per heavy atom. The zero-order valence-electron chi connectivity index (χ0n) is 11.5. The summed E-state index contributed by atoms with van der Waals surface area (Å²) in [6.45, 7) is 1.89. The van der Waals surface area contributed by atoms with E-state index in [4.69, 9.17) is 5.73 Å². The molecule has 21 heavy (non-hydrogen) atoms. The number of nitrogens with zero attached hydrogens (tertiary/aromatic N) is 2. The van der Waals surface area contributed by atoms with E-state index in [1.54, 1.807) is 12.3 Å². The molecule has 2 heterocycles. The molecule has 3 aromatic rings. The van der Waals surface area contributed by atoms with Gasteiger partial charge in [0.05, 0.1) is 11.1 Å². The molecular weight excluding hydrogens is 264 g/mol. The second-order valence-corrected chi connectivity index (χ2v) is 4.73.